The average molecular weight is 386 g/mol. The molecule has 2 amide bonds. The summed E-state index contributed by atoms with van der Waals surface area (Å²) in [4.78, 5) is 36.5. The van der Waals surface area contributed by atoms with Gasteiger partial charge in [0.25, 0.3) is 11.8 Å². The van der Waals surface area contributed by atoms with E-state index in [1.54, 1.807) is 31.2 Å². The standard InChI is InChI=1S/C17H14N4O5S/c1-9-15(23)19-11-7-10(4-5-12(11)25-9)18-14(22)8-21-17(24)26-16(20-21)13-3-2-6-27-13/h2-7,9H,8H2,1H3,(H,18,22)(H,19,23). The van der Waals surface area contributed by atoms with E-state index in [4.69, 9.17) is 9.15 Å². The van der Waals surface area contributed by atoms with Crippen molar-refractivity contribution >= 4 is 34.5 Å². The Labute approximate surface area is 156 Å². The molecule has 0 fully saturated rings. The van der Waals surface area contributed by atoms with Crippen molar-refractivity contribution in [1.82, 2.24) is 9.78 Å². The molecule has 0 radical (unpaired) electrons. The number of amides is 2. The number of anilines is 2. The van der Waals surface area contributed by atoms with Crippen molar-refractivity contribution in [2.75, 3.05) is 10.6 Å². The molecule has 3 heterocycles. The molecule has 0 spiro atoms. The van der Waals surface area contributed by atoms with Crippen LogP contribution in [0.3, 0.4) is 0 Å². The average Bonchev–Trinajstić information content (AvgIpc) is 3.27. The van der Waals surface area contributed by atoms with Crippen molar-refractivity contribution < 1.29 is 18.7 Å². The number of fused-ring (bicyclic) bond motifs is 1. The predicted molar refractivity (Wildman–Crippen MR) is 97.9 cm³/mol. The molecule has 9 nitrogen and oxygen atoms in total. The molecular weight excluding hydrogens is 372 g/mol. The van der Waals surface area contributed by atoms with Crippen molar-refractivity contribution in [3.8, 4) is 16.5 Å². The molecule has 1 aromatic carbocycles. The van der Waals surface area contributed by atoms with Crippen molar-refractivity contribution in [1.29, 1.82) is 0 Å². The van der Waals surface area contributed by atoms with Crippen molar-refractivity contribution in [3.63, 3.8) is 0 Å². The van der Waals surface area contributed by atoms with E-state index in [0.717, 1.165) is 4.68 Å². The lowest BCUT2D eigenvalue weighted by Gasteiger charge is -2.23. The zero-order valence-electron chi connectivity index (χ0n) is 14.1. The largest absolute Gasteiger partial charge is 0.479 e. The fraction of sp³-hybridized carbons (Fsp3) is 0.176. The summed E-state index contributed by atoms with van der Waals surface area (Å²) in [6.07, 6.45) is -0.575. The van der Waals surface area contributed by atoms with Gasteiger partial charge in [0.05, 0.1) is 10.6 Å². The lowest BCUT2D eigenvalue weighted by Crippen LogP contribution is -2.34. The molecule has 1 atom stereocenters. The number of carbonyl (C=O) groups is 2. The predicted octanol–water partition coefficient (Wildman–Crippen LogP) is 1.92. The molecule has 27 heavy (non-hydrogen) atoms. The third kappa shape index (κ3) is 3.47. The van der Waals surface area contributed by atoms with Crippen LogP contribution in [0.5, 0.6) is 5.75 Å². The quantitative estimate of drug-likeness (QED) is 0.708. The number of hydrogen-bond acceptors (Lipinski definition) is 7. The van der Waals surface area contributed by atoms with Gasteiger partial charge in [-0.1, -0.05) is 6.07 Å². The zero-order chi connectivity index (χ0) is 19.0. The Bertz CT molecular complexity index is 1070. The van der Waals surface area contributed by atoms with E-state index in [1.807, 2.05) is 11.4 Å². The Morgan fingerprint density at radius 2 is 2.22 bits per heavy atom. The lowest BCUT2D eigenvalue weighted by molar-refractivity contribution is -0.122. The summed E-state index contributed by atoms with van der Waals surface area (Å²) in [6.45, 7) is 1.35. The summed E-state index contributed by atoms with van der Waals surface area (Å²) < 4.78 is 11.5. The molecule has 4 rings (SSSR count). The van der Waals surface area contributed by atoms with Crippen LogP contribution in [0.2, 0.25) is 0 Å². The van der Waals surface area contributed by atoms with Gasteiger partial charge in [0.15, 0.2) is 6.10 Å². The number of benzene rings is 1. The minimum atomic E-state index is -0.714. The Balaban J connectivity index is 1.47. The van der Waals surface area contributed by atoms with E-state index in [1.165, 1.54) is 11.3 Å². The molecule has 0 aliphatic carbocycles. The second-order valence-corrected chi connectivity index (χ2v) is 6.76. The fourth-order valence-electron chi connectivity index (χ4n) is 2.53. The van der Waals surface area contributed by atoms with Gasteiger partial charge in [-0.25, -0.2) is 4.79 Å². The maximum atomic E-state index is 12.2. The van der Waals surface area contributed by atoms with Gasteiger partial charge >= 0.3 is 5.76 Å². The summed E-state index contributed by atoms with van der Waals surface area (Å²) in [5.74, 6) is -0.742. The first-order chi connectivity index (χ1) is 13.0. The number of carbonyl (C=O) groups excluding carboxylic acids is 2. The first kappa shape index (κ1) is 17.0. The van der Waals surface area contributed by atoms with Gasteiger partial charge in [-0.3, -0.25) is 9.59 Å². The van der Waals surface area contributed by atoms with Gasteiger partial charge in [0, 0.05) is 5.69 Å². The van der Waals surface area contributed by atoms with E-state index >= 15 is 0 Å². The zero-order valence-corrected chi connectivity index (χ0v) is 14.9. The van der Waals surface area contributed by atoms with Crippen molar-refractivity contribution in [2.24, 2.45) is 0 Å². The summed E-state index contributed by atoms with van der Waals surface area (Å²) >= 11 is 1.38. The van der Waals surface area contributed by atoms with Crippen LogP contribution in [0.1, 0.15) is 6.92 Å². The molecule has 2 N–H and O–H groups in total. The molecule has 0 saturated heterocycles. The van der Waals surface area contributed by atoms with Crippen LogP contribution in [-0.2, 0) is 16.1 Å². The van der Waals surface area contributed by atoms with Crippen molar-refractivity contribution in [3.05, 3.63) is 46.3 Å². The van der Waals surface area contributed by atoms with Gasteiger partial charge in [-0.15, -0.1) is 16.4 Å². The van der Waals surface area contributed by atoms with Crippen LogP contribution >= 0.6 is 11.3 Å². The Hall–Kier alpha value is -3.40. The molecule has 3 aromatic rings. The molecule has 138 valence electrons. The van der Waals surface area contributed by atoms with Crippen LogP contribution in [-0.4, -0.2) is 27.7 Å². The molecule has 1 unspecified atom stereocenters. The topological polar surface area (TPSA) is 115 Å². The number of aromatic nitrogens is 2. The lowest BCUT2D eigenvalue weighted by atomic mass is 10.2. The highest BCUT2D eigenvalue weighted by Gasteiger charge is 2.23. The molecular formula is C17H14N4O5S. The number of hydrogen-bond donors (Lipinski definition) is 2. The fourth-order valence-corrected chi connectivity index (χ4v) is 3.17. The van der Waals surface area contributed by atoms with Gasteiger partial charge in [-0.05, 0) is 36.6 Å². The highest BCUT2D eigenvalue weighted by Crippen LogP contribution is 2.32. The van der Waals surface area contributed by atoms with Crippen LogP contribution in [0.4, 0.5) is 11.4 Å². The number of ether oxygens (including phenoxy) is 1. The molecule has 2 aromatic heterocycles. The highest BCUT2D eigenvalue weighted by molar-refractivity contribution is 7.13. The first-order valence-corrected chi connectivity index (χ1v) is 8.91. The van der Waals surface area contributed by atoms with Crippen molar-refractivity contribution in [2.45, 2.75) is 19.6 Å². The van der Waals surface area contributed by atoms with Crippen LogP contribution < -0.4 is 21.1 Å². The van der Waals surface area contributed by atoms with Gasteiger partial charge in [0.1, 0.15) is 12.3 Å². The van der Waals surface area contributed by atoms with Crippen LogP contribution in [0.15, 0.2) is 44.9 Å². The minimum Gasteiger partial charge on any atom is -0.479 e. The highest BCUT2D eigenvalue weighted by atomic mass is 32.1. The SMILES string of the molecule is CC1Oc2ccc(NC(=O)Cn3nc(-c4cccs4)oc3=O)cc2NC1=O. The second-order valence-electron chi connectivity index (χ2n) is 5.82. The van der Waals surface area contributed by atoms with Gasteiger partial charge in [-0.2, -0.15) is 4.68 Å². The Kier molecular flexibility index (Phi) is 4.24. The van der Waals surface area contributed by atoms with Crippen LogP contribution in [0.25, 0.3) is 10.8 Å². The third-order valence-corrected chi connectivity index (χ3v) is 4.68. The minimum absolute atomic E-state index is 0.172. The number of thiophene rings is 1. The molecule has 0 bridgehead atoms. The Morgan fingerprint density at radius 1 is 1.37 bits per heavy atom. The smallest absolute Gasteiger partial charge is 0.437 e. The molecule has 10 heteroatoms. The summed E-state index contributed by atoms with van der Waals surface area (Å²) in [5, 5.41) is 11.2. The number of rotatable bonds is 4. The third-order valence-electron chi connectivity index (χ3n) is 3.83. The number of nitrogens with zero attached hydrogens (tertiary/aromatic N) is 2. The monoisotopic (exact) mass is 386 g/mol. The maximum Gasteiger partial charge on any atom is 0.437 e. The van der Waals surface area contributed by atoms with Gasteiger partial charge in [0.2, 0.25) is 5.91 Å². The van der Waals surface area contributed by atoms with Gasteiger partial charge < -0.3 is 19.8 Å². The summed E-state index contributed by atoms with van der Waals surface area (Å²) in [6, 6.07) is 8.46. The van der Waals surface area contributed by atoms with E-state index in [0.29, 0.717) is 22.0 Å². The van der Waals surface area contributed by atoms with E-state index in [-0.39, 0.29) is 18.3 Å². The summed E-state index contributed by atoms with van der Waals surface area (Å²) in [7, 11) is 0. The molecule has 1 aliphatic rings. The Morgan fingerprint density at radius 3 is 3.00 bits per heavy atom. The van der Waals surface area contributed by atoms with Crippen LogP contribution in [0, 0.1) is 0 Å². The molecule has 1 aliphatic heterocycles. The molecule has 0 saturated carbocycles. The van der Waals surface area contributed by atoms with E-state index < -0.39 is 17.8 Å². The van der Waals surface area contributed by atoms with E-state index in [9.17, 15) is 14.4 Å². The normalized spacial score (nSPS) is 15.6. The van der Waals surface area contributed by atoms with E-state index in [2.05, 4.69) is 15.7 Å². The summed E-state index contributed by atoms with van der Waals surface area (Å²) in [5.41, 5.74) is 0.918. The maximum absolute atomic E-state index is 12.2. The first-order valence-electron chi connectivity index (χ1n) is 8.03. The second kappa shape index (κ2) is 6.72. The number of nitrogens with one attached hydrogen (secondary N) is 2.